The van der Waals surface area contributed by atoms with Gasteiger partial charge in [0.25, 0.3) is 0 Å². The molecule has 0 unspecified atom stereocenters. The monoisotopic (exact) mass is 228 g/mol. The Labute approximate surface area is 95.8 Å². The molecule has 0 aliphatic heterocycles. The van der Waals surface area contributed by atoms with Crippen LogP contribution < -0.4 is 4.90 Å². The molecule has 1 aromatic heterocycles. The van der Waals surface area contributed by atoms with Gasteiger partial charge in [-0.1, -0.05) is 6.92 Å². The fraction of sp³-hybridized carbons (Fsp3) is 0.727. The van der Waals surface area contributed by atoms with Crippen molar-refractivity contribution in [2.75, 3.05) is 18.1 Å². The maximum Gasteiger partial charge on any atom is 0.185 e. The summed E-state index contributed by atoms with van der Waals surface area (Å²) in [7, 11) is 0. The summed E-state index contributed by atoms with van der Waals surface area (Å²) in [4.78, 5) is 6.82. The summed E-state index contributed by atoms with van der Waals surface area (Å²) in [5.74, 6) is 0. The predicted molar refractivity (Wildman–Crippen MR) is 65.7 cm³/mol. The molecule has 0 aliphatic carbocycles. The van der Waals surface area contributed by atoms with Gasteiger partial charge in [0.15, 0.2) is 5.13 Å². The molecule has 0 aliphatic rings. The number of aliphatic hydroxyl groups excluding tert-OH is 1. The van der Waals surface area contributed by atoms with Gasteiger partial charge in [-0.25, -0.2) is 4.98 Å². The van der Waals surface area contributed by atoms with Gasteiger partial charge in [-0.2, -0.15) is 0 Å². The number of anilines is 1. The minimum atomic E-state index is 0.245. The van der Waals surface area contributed by atoms with Gasteiger partial charge in [-0.05, 0) is 26.7 Å². The van der Waals surface area contributed by atoms with Gasteiger partial charge < -0.3 is 10.0 Å². The number of rotatable bonds is 6. The van der Waals surface area contributed by atoms with E-state index in [1.165, 1.54) is 0 Å². The van der Waals surface area contributed by atoms with E-state index in [1.807, 2.05) is 0 Å². The molecular formula is C11H20N2OS. The third kappa shape index (κ3) is 3.47. The van der Waals surface area contributed by atoms with E-state index in [0.29, 0.717) is 6.04 Å². The lowest BCUT2D eigenvalue weighted by Crippen LogP contribution is -2.32. The van der Waals surface area contributed by atoms with Crippen molar-refractivity contribution in [1.29, 1.82) is 0 Å². The van der Waals surface area contributed by atoms with Crippen molar-refractivity contribution in [1.82, 2.24) is 4.98 Å². The zero-order valence-corrected chi connectivity index (χ0v) is 10.5. The summed E-state index contributed by atoms with van der Waals surface area (Å²) in [5.41, 5.74) is 1.16. The highest BCUT2D eigenvalue weighted by molar-refractivity contribution is 7.13. The molecule has 0 bridgehead atoms. The average Bonchev–Trinajstić information content (AvgIpc) is 2.66. The molecule has 1 N–H and O–H groups in total. The van der Waals surface area contributed by atoms with Crippen LogP contribution in [0.25, 0.3) is 0 Å². The summed E-state index contributed by atoms with van der Waals surface area (Å²) >= 11 is 1.69. The number of hydrogen-bond donors (Lipinski definition) is 1. The minimum Gasteiger partial charge on any atom is -0.396 e. The molecule has 3 nitrogen and oxygen atoms in total. The topological polar surface area (TPSA) is 36.4 Å². The van der Waals surface area contributed by atoms with Crippen LogP contribution in [0, 0.1) is 0 Å². The van der Waals surface area contributed by atoms with Gasteiger partial charge in [0.1, 0.15) is 0 Å². The zero-order valence-electron chi connectivity index (χ0n) is 9.73. The van der Waals surface area contributed by atoms with Crippen LogP contribution in [0.2, 0.25) is 0 Å². The summed E-state index contributed by atoms with van der Waals surface area (Å²) in [6.45, 7) is 7.56. The lowest BCUT2D eigenvalue weighted by Gasteiger charge is -2.25. The van der Waals surface area contributed by atoms with Crippen molar-refractivity contribution < 1.29 is 5.11 Å². The molecule has 1 aromatic rings. The van der Waals surface area contributed by atoms with Crippen LogP contribution in [0.5, 0.6) is 0 Å². The Morgan fingerprint density at radius 2 is 2.27 bits per heavy atom. The molecule has 1 rings (SSSR count). The second kappa shape index (κ2) is 6.08. The van der Waals surface area contributed by atoms with Gasteiger partial charge in [0.2, 0.25) is 0 Å². The second-order valence-corrected chi connectivity index (χ2v) is 4.68. The highest BCUT2D eigenvalue weighted by Gasteiger charge is 2.13. The number of nitrogens with zero attached hydrogens (tertiary/aromatic N) is 2. The quantitative estimate of drug-likeness (QED) is 0.811. The van der Waals surface area contributed by atoms with E-state index in [9.17, 15) is 0 Å². The van der Waals surface area contributed by atoms with E-state index in [4.69, 9.17) is 5.11 Å². The van der Waals surface area contributed by atoms with E-state index < -0.39 is 0 Å². The SMILES string of the molecule is CCc1csc(N(CCCO)C(C)C)n1. The Morgan fingerprint density at radius 3 is 2.73 bits per heavy atom. The van der Waals surface area contributed by atoms with Crippen molar-refractivity contribution >= 4 is 16.5 Å². The summed E-state index contributed by atoms with van der Waals surface area (Å²) in [5, 5.41) is 12.0. The standard InChI is InChI=1S/C11H20N2OS/c1-4-10-8-15-11(12-10)13(9(2)3)6-5-7-14/h8-9,14H,4-7H2,1-3H3. The first-order valence-corrected chi connectivity index (χ1v) is 6.38. The smallest absolute Gasteiger partial charge is 0.185 e. The van der Waals surface area contributed by atoms with Crippen LogP contribution >= 0.6 is 11.3 Å². The highest BCUT2D eigenvalue weighted by Crippen LogP contribution is 2.22. The van der Waals surface area contributed by atoms with E-state index in [2.05, 4.69) is 36.0 Å². The largest absolute Gasteiger partial charge is 0.396 e. The first-order chi connectivity index (χ1) is 7.19. The summed E-state index contributed by atoms with van der Waals surface area (Å²) in [6.07, 6.45) is 1.79. The van der Waals surface area contributed by atoms with Crippen molar-refractivity contribution in [3.05, 3.63) is 11.1 Å². The normalized spacial score (nSPS) is 11.0. The molecule has 1 heterocycles. The molecule has 0 saturated heterocycles. The lowest BCUT2D eigenvalue weighted by molar-refractivity contribution is 0.288. The van der Waals surface area contributed by atoms with Crippen LogP contribution in [0.15, 0.2) is 5.38 Å². The van der Waals surface area contributed by atoms with E-state index >= 15 is 0 Å². The summed E-state index contributed by atoms with van der Waals surface area (Å²) in [6, 6.07) is 0.437. The number of thiazole rings is 1. The maximum atomic E-state index is 8.85. The van der Waals surface area contributed by atoms with Crippen LogP contribution in [0.1, 0.15) is 32.9 Å². The Balaban J connectivity index is 2.70. The maximum absolute atomic E-state index is 8.85. The van der Waals surface area contributed by atoms with Gasteiger partial charge >= 0.3 is 0 Å². The van der Waals surface area contributed by atoms with Crippen molar-refractivity contribution in [2.45, 2.75) is 39.7 Å². The third-order valence-corrected chi connectivity index (χ3v) is 3.25. The predicted octanol–water partition coefficient (Wildman–Crippen LogP) is 2.30. The minimum absolute atomic E-state index is 0.245. The summed E-state index contributed by atoms with van der Waals surface area (Å²) < 4.78 is 0. The lowest BCUT2D eigenvalue weighted by atomic mass is 10.3. The van der Waals surface area contributed by atoms with Gasteiger partial charge in [0.05, 0.1) is 5.69 Å². The van der Waals surface area contributed by atoms with E-state index in [1.54, 1.807) is 11.3 Å². The fourth-order valence-corrected chi connectivity index (χ4v) is 2.47. The van der Waals surface area contributed by atoms with Crippen molar-refractivity contribution in [2.24, 2.45) is 0 Å². The Hall–Kier alpha value is -0.610. The molecule has 86 valence electrons. The van der Waals surface area contributed by atoms with E-state index in [0.717, 1.165) is 30.2 Å². The second-order valence-electron chi connectivity index (χ2n) is 3.84. The van der Waals surface area contributed by atoms with Gasteiger partial charge in [-0.3, -0.25) is 0 Å². The number of hydrogen-bond acceptors (Lipinski definition) is 4. The molecule has 0 saturated carbocycles. The van der Waals surface area contributed by atoms with Crippen LogP contribution in [0.3, 0.4) is 0 Å². The van der Waals surface area contributed by atoms with E-state index in [-0.39, 0.29) is 6.61 Å². The molecule has 15 heavy (non-hydrogen) atoms. The number of aromatic nitrogens is 1. The Morgan fingerprint density at radius 1 is 1.53 bits per heavy atom. The number of aliphatic hydroxyl groups is 1. The molecule has 0 amide bonds. The van der Waals surface area contributed by atoms with Crippen molar-refractivity contribution in [3.63, 3.8) is 0 Å². The molecule has 0 fully saturated rings. The Bertz CT molecular complexity index is 286. The molecule has 0 spiro atoms. The first-order valence-electron chi connectivity index (χ1n) is 5.51. The van der Waals surface area contributed by atoms with Crippen LogP contribution in [-0.4, -0.2) is 29.3 Å². The fourth-order valence-electron chi connectivity index (χ4n) is 1.41. The van der Waals surface area contributed by atoms with Gasteiger partial charge in [0, 0.05) is 24.6 Å². The van der Waals surface area contributed by atoms with Crippen LogP contribution in [0.4, 0.5) is 5.13 Å². The Kier molecular flexibility index (Phi) is 5.05. The zero-order chi connectivity index (χ0) is 11.3. The highest BCUT2D eigenvalue weighted by atomic mass is 32.1. The number of aryl methyl sites for hydroxylation is 1. The average molecular weight is 228 g/mol. The van der Waals surface area contributed by atoms with Crippen molar-refractivity contribution in [3.8, 4) is 0 Å². The molecule has 4 heteroatoms. The van der Waals surface area contributed by atoms with Gasteiger partial charge in [-0.15, -0.1) is 11.3 Å². The molecule has 0 radical (unpaired) electrons. The molecular weight excluding hydrogens is 208 g/mol. The van der Waals surface area contributed by atoms with Crippen LogP contribution in [-0.2, 0) is 6.42 Å². The molecule has 0 atom stereocenters. The third-order valence-electron chi connectivity index (χ3n) is 2.33. The molecule has 0 aromatic carbocycles. The first kappa shape index (κ1) is 12.5.